The summed E-state index contributed by atoms with van der Waals surface area (Å²) < 4.78 is 0. The summed E-state index contributed by atoms with van der Waals surface area (Å²) in [6.07, 6.45) is 2.76. The van der Waals surface area contributed by atoms with Gasteiger partial charge in [-0.1, -0.05) is 19.9 Å². The Morgan fingerprint density at radius 1 is 1.44 bits per heavy atom. The Morgan fingerprint density at radius 3 is 3.00 bits per heavy atom. The van der Waals surface area contributed by atoms with Crippen molar-refractivity contribution in [2.45, 2.75) is 26.3 Å². The van der Waals surface area contributed by atoms with Gasteiger partial charge >= 0.3 is 0 Å². The number of amides is 1. The lowest BCUT2D eigenvalue weighted by Gasteiger charge is -2.33. The van der Waals surface area contributed by atoms with Gasteiger partial charge in [0.05, 0.1) is 5.41 Å². The van der Waals surface area contributed by atoms with E-state index >= 15 is 0 Å². The molecule has 0 saturated carbocycles. The van der Waals surface area contributed by atoms with E-state index in [4.69, 9.17) is 0 Å². The number of carbonyl (C=O) groups is 1. The molecule has 1 aromatic rings. The normalized spacial score (nSPS) is 30.3. The Kier molecular flexibility index (Phi) is 2.63. The van der Waals surface area contributed by atoms with Crippen LogP contribution in [0.15, 0.2) is 24.4 Å². The summed E-state index contributed by atoms with van der Waals surface area (Å²) in [7, 11) is 0. The molecule has 0 radical (unpaired) electrons. The number of hydrogen-bond acceptors (Lipinski definition) is 3. The van der Waals surface area contributed by atoms with Crippen molar-refractivity contribution in [3.8, 4) is 0 Å². The molecule has 2 saturated heterocycles. The molecular formula is C14H19N3O. The summed E-state index contributed by atoms with van der Waals surface area (Å²) in [4.78, 5) is 18.9. The molecule has 2 atom stereocenters. The van der Waals surface area contributed by atoms with Gasteiger partial charge < -0.3 is 5.32 Å². The minimum atomic E-state index is -0.296. The summed E-state index contributed by atoms with van der Waals surface area (Å²) in [6.45, 7) is 6.02. The number of carbonyl (C=O) groups excluding carboxylic acids is 1. The standard InChI is InChI=1S/C14H19N3O/c1-14(2)10-9-15-8-6-11(10)17(13(14)18)12-5-3-4-7-16-12/h3-5,7,10-11,15H,6,8-9H2,1-2H3. The third kappa shape index (κ3) is 1.56. The molecule has 1 N–H and O–H groups in total. The summed E-state index contributed by atoms with van der Waals surface area (Å²) in [5.74, 6) is 1.38. The van der Waals surface area contributed by atoms with E-state index in [1.54, 1.807) is 6.20 Å². The molecule has 4 nitrogen and oxygen atoms in total. The number of anilines is 1. The van der Waals surface area contributed by atoms with Crippen LogP contribution in [0.5, 0.6) is 0 Å². The molecule has 2 fully saturated rings. The van der Waals surface area contributed by atoms with E-state index in [9.17, 15) is 4.79 Å². The molecule has 4 heteroatoms. The smallest absolute Gasteiger partial charge is 0.234 e. The summed E-state index contributed by atoms with van der Waals surface area (Å²) in [6, 6.07) is 6.05. The van der Waals surface area contributed by atoms with Gasteiger partial charge in [0.2, 0.25) is 5.91 Å². The highest BCUT2D eigenvalue weighted by molar-refractivity contribution is 6.00. The molecule has 2 aliphatic rings. The van der Waals surface area contributed by atoms with Crippen molar-refractivity contribution in [1.29, 1.82) is 0 Å². The van der Waals surface area contributed by atoms with Gasteiger partial charge in [-0.15, -0.1) is 0 Å². The van der Waals surface area contributed by atoms with Crippen LogP contribution in [-0.4, -0.2) is 30.0 Å². The van der Waals surface area contributed by atoms with Crippen LogP contribution in [0, 0.1) is 11.3 Å². The maximum atomic E-state index is 12.7. The number of nitrogens with zero attached hydrogens (tertiary/aromatic N) is 2. The van der Waals surface area contributed by atoms with Crippen LogP contribution >= 0.6 is 0 Å². The lowest BCUT2D eigenvalue weighted by Crippen LogP contribution is -2.45. The number of fused-ring (bicyclic) bond motifs is 1. The molecular weight excluding hydrogens is 226 g/mol. The number of hydrogen-bond donors (Lipinski definition) is 1. The first-order valence-corrected chi connectivity index (χ1v) is 6.58. The number of pyridine rings is 1. The molecule has 0 bridgehead atoms. The van der Waals surface area contributed by atoms with Gasteiger partial charge in [0, 0.05) is 24.7 Å². The first-order chi connectivity index (χ1) is 8.62. The molecule has 2 aliphatic heterocycles. The van der Waals surface area contributed by atoms with Gasteiger partial charge in [-0.2, -0.15) is 0 Å². The zero-order valence-electron chi connectivity index (χ0n) is 10.9. The highest BCUT2D eigenvalue weighted by Crippen LogP contribution is 2.44. The maximum absolute atomic E-state index is 12.7. The number of aromatic nitrogens is 1. The maximum Gasteiger partial charge on any atom is 0.234 e. The van der Waals surface area contributed by atoms with E-state index < -0.39 is 0 Å². The fraction of sp³-hybridized carbons (Fsp3) is 0.571. The minimum absolute atomic E-state index is 0.208. The van der Waals surface area contributed by atoms with Crippen molar-refractivity contribution < 1.29 is 4.79 Å². The van der Waals surface area contributed by atoms with E-state index in [0.29, 0.717) is 12.0 Å². The average Bonchev–Trinajstić information content (AvgIpc) is 2.60. The van der Waals surface area contributed by atoms with Crippen LogP contribution in [0.4, 0.5) is 5.82 Å². The van der Waals surface area contributed by atoms with Gasteiger partial charge in [-0.25, -0.2) is 4.98 Å². The predicted octanol–water partition coefficient (Wildman–Crippen LogP) is 1.43. The van der Waals surface area contributed by atoms with Crippen molar-refractivity contribution in [2.24, 2.45) is 11.3 Å². The van der Waals surface area contributed by atoms with Crippen LogP contribution in [0.2, 0.25) is 0 Å². The Hall–Kier alpha value is -1.42. The highest BCUT2D eigenvalue weighted by atomic mass is 16.2. The first kappa shape index (κ1) is 11.7. The van der Waals surface area contributed by atoms with E-state index in [-0.39, 0.29) is 11.3 Å². The fourth-order valence-electron chi connectivity index (χ4n) is 3.28. The molecule has 3 heterocycles. The number of nitrogens with one attached hydrogen (secondary N) is 1. The first-order valence-electron chi connectivity index (χ1n) is 6.58. The van der Waals surface area contributed by atoms with Gasteiger partial charge in [-0.05, 0) is 25.1 Å². The monoisotopic (exact) mass is 245 g/mol. The van der Waals surface area contributed by atoms with Crippen molar-refractivity contribution in [3.63, 3.8) is 0 Å². The van der Waals surface area contributed by atoms with Crippen LogP contribution in [0.25, 0.3) is 0 Å². The van der Waals surface area contributed by atoms with Gasteiger partial charge in [0.25, 0.3) is 0 Å². The van der Waals surface area contributed by atoms with E-state index in [1.807, 2.05) is 23.1 Å². The zero-order valence-corrected chi connectivity index (χ0v) is 10.9. The minimum Gasteiger partial charge on any atom is -0.316 e. The van der Waals surface area contributed by atoms with Crippen LogP contribution in [-0.2, 0) is 4.79 Å². The molecule has 1 amide bonds. The molecule has 1 aromatic heterocycles. The van der Waals surface area contributed by atoms with E-state index in [1.165, 1.54) is 0 Å². The second kappa shape index (κ2) is 4.05. The molecule has 18 heavy (non-hydrogen) atoms. The Bertz CT molecular complexity index is 457. The third-order valence-electron chi connectivity index (χ3n) is 4.37. The molecule has 0 aliphatic carbocycles. The van der Waals surface area contributed by atoms with Crippen molar-refractivity contribution >= 4 is 11.7 Å². The van der Waals surface area contributed by atoms with E-state index in [2.05, 4.69) is 24.1 Å². The van der Waals surface area contributed by atoms with Gasteiger partial charge in [0.1, 0.15) is 5.82 Å². The second-order valence-corrected chi connectivity index (χ2v) is 5.75. The zero-order chi connectivity index (χ0) is 12.8. The second-order valence-electron chi connectivity index (χ2n) is 5.75. The van der Waals surface area contributed by atoms with E-state index in [0.717, 1.165) is 25.3 Å². The Morgan fingerprint density at radius 2 is 2.28 bits per heavy atom. The summed E-state index contributed by atoms with van der Waals surface area (Å²) in [5.41, 5.74) is -0.296. The highest BCUT2D eigenvalue weighted by Gasteiger charge is 2.54. The largest absolute Gasteiger partial charge is 0.316 e. The quantitative estimate of drug-likeness (QED) is 0.814. The number of piperidine rings is 1. The van der Waals surface area contributed by atoms with Crippen LogP contribution in [0.3, 0.4) is 0 Å². The van der Waals surface area contributed by atoms with Gasteiger partial charge in [0.15, 0.2) is 0 Å². The van der Waals surface area contributed by atoms with Crippen molar-refractivity contribution in [3.05, 3.63) is 24.4 Å². The van der Waals surface area contributed by atoms with Crippen molar-refractivity contribution in [1.82, 2.24) is 10.3 Å². The number of rotatable bonds is 1. The Balaban J connectivity index is 2.02. The topological polar surface area (TPSA) is 45.2 Å². The SMILES string of the molecule is CC1(C)C(=O)N(c2ccccn2)C2CCNCC21. The van der Waals surface area contributed by atoms with Gasteiger partial charge in [-0.3, -0.25) is 9.69 Å². The third-order valence-corrected chi connectivity index (χ3v) is 4.37. The summed E-state index contributed by atoms with van der Waals surface area (Å²) in [5, 5.41) is 3.41. The molecule has 3 rings (SSSR count). The van der Waals surface area contributed by atoms with Crippen LogP contribution < -0.4 is 10.2 Å². The lowest BCUT2D eigenvalue weighted by molar-refractivity contribution is -0.125. The molecule has 2 unspecified atom stereocenters. The molecule has 96 valence electrons. The molecule has 0 spiro atoms. The average molecular weight is 245 g/mol. The predicted molar refractivity (Wildman–Crippen MR) is 70.3 cm³/mol. The van der Waals surface area contributed by atoms with Crippen molar-refractivity contribution in [2.75, 3.05) is 18.0 Å². The Labute approximate surface area is 107 Å². The summed E-state index contributed by atoms with van der Waals surface area (Å²) >= 11 is 0. The van der Waals surface area contributed by atoms with Crippen LogP contribution in [0.1, 0.15) is 20.3 Å². The molecule has 0 aromatic carbocycles. The fourth-order valence-corrected chi connectivity index (χ4v) is 3.28. The lowest BCUT2D eigenvalue weighted by atomic mass is 9.76.